The van der Waals surface area contributed by atoms with Crippen LogP contribution in [0.15, 0.2) is 30.3 Å². The van der Waals surface area contributed by atoms with Crippen molar-refractivity contribution in [3.63, 3.8) is 0 Å². The van der Waals surface area contributed by atoms with E-state index in [1.54, 1.807) is 0 Å². The molecule has 0 aliphatic carbocycles. The van der Waals surface area contributed by atoms with Gasteiger partial charge in [-0.05, 0) is 46.9 Å². The van der Waals surface area contributed by atoms with E-state index in [1.807, 2.05) is 12.1 Å². The van der Waals surface area contributed by atoms with Gasteiger partial charge in [-0.15, -0.1) is 0 Å². The van der Waals surface area contributed by atoms with Crippen molar-refractivity contribution in [2.75, 3.05) is 0 Å². The van der Waals surface area contributed by atoms with Gasteiger partial charge >= 0.3 is 0 Å². The molecule has 0 atom stereocenters. The summed E-state index contributed by atoms with van der Waals surface area (Å²) >= 11 is 0. The predicted octanol–water partition coefficient (Wildman–Crippen LogP) is 4.56. The highest BCUT2D eigenvalue weighted by Crippen LogP contribution is 2.26. The maximum atomic E-state index is 11.1. The summed E-state index contributed by atoms with van der Waals surface area (Å²) in [7, 11) is 0. The predicted molar refractivity (Wildman–Crippen MR) is 77.3 cm³/mol. The highest BCUT2D eigenvalue weighted by atomic mass is 16.1. The smallest absolute Gasteiger partial charge is 0.150 e. The fraction of sp³-hybridized carbons (Fsp3) is 0.353. The Kier molecular flexibility index (Phi) is 4.14. The summed E-state index contributed by atoms with van der Waals surface area (Å²) in [6.07, 6.45) is 5.31. The van der Waals surface area contributed by atoms with Crippen molar-refractivity contribution in [1.82, 2.24) is 0 Å². The molecule has 0 amide bonds. The van der Waals surface area contributed by atoms with E-state index in [1.165, 1.54) is 21.9 Å². The molecule has 0 saturated heterocycles. The van der Waals surface area contributed by atoms with Gasteiger partial charge in [-0.2, -0.15) is 0 Å². The van der Waals surface area contributed by atoms with Gasteiger partial charge in [0.05, 0.1) is 0 Å². The standard InChI is InChI=1S/C17H20O/c1-3-6-14-8-5-9-16-15(7-4-2)10-13(12-18)11-17(14)16/h5,8-12H,3-4,6-7H2,1-2H3. The number of carbonyl (C=O) groups excluding carboxylic acids is 1. The lowest BCUT2D eigenvalue weighted by Gasteiger charge is -2.11. The zero-order chi connectivity index (χ0) is 13.0. The molecule has 0 spiro atoms. The molecule has 0 aliphatic heterocycles. The van der Waals surface area contributed by atoms with Crippen LogP contribution in [0, 0.1) is 0 Å². The number of hydrogen-bond acceptors (Lipinski definition) is 1. The Morgan fingerprint density at radius 3 is 2.33 bits per heavy atom. The molecule has 0 bridgehead atoms. The average molecular weight is 240 g/mol. The molecular weight excluding hydrogens is 220 g/mol. The molecule has 0 saturated carbocycles. The number of benzene rings is 2. The number of fused-ring (bicyclic) bond motifs is 1. The highest BCUT2D eigenvalue weighted by Gasteiger charge is 2.06. The molecule has 0 heterocycles. The van der Waals surface area contributed by atoms with Gasteiger partial charge < -0.3 is 0 Å². The molecule has 18 heavy (non-hydrogen) atoms. The second-order valence-electron chi connectivity index (χ2n) is 4.81. The van der Waals surface area contributed by atoms with Crippen LogP contribution < -0.4 is 0 Å². The normalized spacial score (nSPS) is 10.8. The topological polar surface area (TPSA) is 17.1 Å². The molecular formula is C17H20O. The first-order valence-corrected chi connectivity index (χ1v) is 6.79. The third kappa shape index (κ3) is 2.45. The maximum absolute atomic E-state index is 11.1. The van der Waals surface area contributed by atoms with Crippen LogP contribution in [0.25, 0.3) is 10.8 Å². The van der Waals surface area contributed by atoms with E-state index in [0.29, 0.717) is 0 Å². The molecule has 2 aromatic rings. The number of aryl methyl sites for hydroxylation is 2. The van der Waals surface area contributed by atoms with E-state index >= 15 is 0 Å². The first-order chi connectivity index (χ1) is 8.80. The largest absolute Gasteiger partial charge is 0.298 e. The Balaban J connectivity index is 2.68. The zero-order valence-electron chi connectivity index (χ0n) is 11.2. The van der Waals surface area contributed by atoms with Crippen LogP contribution in [0.1, 0.15) is 48.2 Å². The molecule has 0 aliphatic rings. The number of hydrogen-bond donors (Lipinski definition) is 0. The van der Waals surface area contributed by atoms with E-state index in [0.717, 1.165) is 37.5 Å². The molecule has 0 aromatic heterocycles. The molecule has 1 nitrogen and oxygen atoms in total. The van der Waals surface area contributed by atoms with Gasteiger partial charge in [-0.1, -0.05) is 44.9 Å². The Bertz CT molecular complexity index is 555. The van der Waals surface area contributed by atoms with Crippen molar-refractivity contribution < 1.29 is 4.79 Å². The van der Waals surface area contributed by atoms with Gasteiger partial charge in [0, 0.05) is 5.56 Å². The zero-order valence-corrected chi connectivity index (χ0v) is 11.2. The van der Waals surface area contributed by atoms with E-state index in [2.05, 4.69) is 32.0 Å². The molecule has 0 fully saturated rings. The summed E-state index contributed by atoms with van der Waals surface area (Å²) in [6, 6.07) is 10.6. The van der Waals surface area contributed by atoms with Crippen molar-refractivity contribution in [3.05, 3.63) is 47.0 Å². The van der Waals surface area contributed by atoms with Crippen molar-refractivity contribution in [2.24, 2.45) is 0 Å². The van der Waals surface area contributed by atoms with Gasteiger partial charge in [0.1, 0.15) is 6.29 Å². The van der Waals surface area contributed by atoms with Crippen LogP contribution in [0.4, 0.5) is 0 Å². The third-order valence-electron chi connectivity index (χ3n) is 3.37. The molecule has 0 radical (unpaired) electrons. The lowest BCUT2D eigenvalue weighted by atomic mass is 9.94. The minimum absolute atomic E-state index is 0.800. The van der Waals surface area contributed by atoms with Crippen LogP contribution >= 0.6 is 0 Å². The van der Waals surface area contributed by atoms with E-state index < -0.39 is 0 Å². The first-order valence-electron chi connectivity index (χ1n) is 6.79. The fourth-order valence-corrected chi connectivity index (χ4v) is 2.58. The van der Waals surface area contributed by atoms with Crippen molar-refractivity contribution in [3.8, 4) is 0 Å². The van der Waals surface area contributed by atoms with E-state index in [-0.39, 0.29) is 0 Å². The quantitative estimate of drug-likeness (QED) is 0.700. The van der Waals surface area contributed by atoms with Crippen molar-refractivity contribution in [1.29, 1.82) is 0 Å². The van der Waals surface area contributed by atoms with Gasteiger partial charge in [-0.25, -0.2) is 0 Å². The van der Waals surface area contributed by atoms with Crippen LogP contribution in [-0.4, -0.2) is 6.29 Å². The highest BCUT2D eigenvalue weighted by molar-refractivity contribution is 5.93. The molecule has 2 aromatic carbocycles. The van der Waals surface area contributed by atoms with Crippen molar-refractivity contribution >= 4 is 17.1 Å². The summed E-state index contributed by atoms with van der Waals surface area (Å²) in [5, 5.41) is 2.57. The Morgan fingerprint density at radius 1 is 0.944 bits per heavy atom. The van der Waals surface area contributed by atoms with Gasteiger partial charge in [0.2, 0.25) is 0 Å². The fourth-order valence-electron chi connectivity index (χ4n) is 2.58. The van der Waals surface area contributed by atoms with Gasteiger partial charge in [-0.3, -0.25) is 4.79 Å². The second-order valence-corrected chi connectivity index (χ2v) is 4.81. The summed E-state index contributed by atoms with van der Waals surface area (Å²) < 4.78 is 0. The van der Waals surface area contributed by atoms with Crippen LogP contribution in [0.2, 0.25) is 0 Å². The van der Waals surface area contributed by atoms with Crippen LogP contribution in [0.5, 0.6) is 0 Å². The first kappa shape index (κ1) is 12.8. The van der Waals surface area contributed by atoms with Crippen LogP contribution in [-0.2, 0) is 12.8 Å². The summed E-state index contributed by atoms with van der Waals surface area (Å²) in [5.74, 6) is 0. The Hall–Kier alpha value is -1.63. The molecule has 2 rings (SSSR count). The van der Waals surface area contributed by atoms with E-state index in [4.69, 9.17) is 0 Å². The van der Waals surface area contributed by atoms with E-state index in [9.17, 15) is 4.79 Å². The number of carbonyl (C=O) groups is 1. The van der Waals surface area contributed by atoms with Gasteiger partial charge in [0.15, 0.2) is 0 Å². The maximum Gasteiger partial charge on any atom is 0.150 e. The van der Waals surface area contributed by atoms with Gasteiger partial charge in [0.25, 0.3) is 0 Å². The summed E-state index contributed by atoms with van der Waals surface area (Å²) in [5.41, 5.74) is 3.46. The monoisotopic (exact) mass is 240 g/mol. The molecule has 0 N–H and O–H groups in total. The molecule has 1 heteroatoms. The summed E-state index contributed by atoms with van der Waals surface area (Å²) in [4.78, 5) is 11.1. The minimum atomic E-state index is 0.800. The van der Waals surface area contributed by atoms with Crippen molar-refractivity contribution in [2.45, 2.75) is 39.5 Å². The lowest BCUT2D eigenvalue weighted by Crippen LogP contribution is -1.94. The average Bonchev–Trinajstić information content (AvgIpc) is 2.40. The van der Waals surface area contributed by atoms with Crippen LogP contribution in [0.3, 0.4) is 0 Å². The third-order valence-corrected chi connectivity index (χ3v) is 3.37. The molecule has 94 valence electrons. The number of rotatable bonds is 5. The lowest BCUT2D eigenvalue weighted by molar-refractivity contribution is 0.112. The number of aldehydes is 1. The Labute approximate surface area is 109 Å². The summed E-state index contributed by atoms with van der Waals surface area (Å²) in [6.45, 7) is 4.37. The Morgan fingerprint density at radius 2 is 1.67 bits per heavy atom. The second kappa shape index (κ2) is 5.81. The minimum Gasteiger partial charge on any atom is -0.298 e. The SMILES string of the molecule is CCCc1cc(C=O)cc2c(CCC)cccc12. The molecule has 0 unspecified atom stereocenters.